The molecule has 9 atom stereocenters. The molecular weight excluding hydrogens is 612 g/mol. The van der Waals surface area contributed by atoms with Crippen LogP contribution in [0.5, 0.6) is 0 Å². The number of esters is 4. The number of hydrogen-bond donors (Lipinski definition) is 3. The molecule has 14 heteroatoms. The van der Waals surface area contributed by atoms with E-state index < -0.39 is 72.9 Å². The summed E-state index contributed by atoms with van der Waals surface area (Å²) in [6.45, 7) is 11.1. The molecule has 0 radical (unpaired) electrons. The molecule has 47 heavy (non-hydrogen) atoms. The van der Waals surface area contributed by atoms with Gasteiger partial charge in [0.25, 0.3) is 0 Å². The zero-order chi connectivity index (χ0) is 34.7. The van der Waals surface area contributed by atoms with Crippen LogP contribution in [0.25, 0.3) is 0 Å². The van der Waals surface area contributed by atoms with Crippen molar-refractivity contribution < 1.29 is 47.7 Å². The Balaban J connectivity index is 2.09. The molecule has 0 bridgehead atoms. The van der Waals surface area contributed by atoms with Crippen LogP contribution in [-0.2, 0) is 42.9 Å². The third-order valence-corrected chi connectivity index (χ3v) is 9.15. The Morgan fingerprint density at radius 1 is 0.766 bits per heavy atom. The molecule has 0 aromatic carbocycles. The van der Waals surface area contributed by atoms with Gasteiger partial charge in [-0.3, -0.25) is 39.5 Å². The summed E-state index contributed by atoms with van der Waals surface area (Å²) in [5.74, 6) is -2.08. The number of hydrogen-bond acceptors (Lipinski definition) is 12. The van der Waals surface area contributed by atoms with Crippen LogP contribution in [0, 0.1) is 11.8 Å². The topological polar surface area (TPSA) is 179 Å². The lowest BCUT2D eigenvalue weighted by molar-refractivity contribution is -0.196. The van der Waals surface area contributed by atoms with Crippen LogP contribution in [0.2, 0.25) is 0 Å². The maximum atomic E-state index is 13.2. The van der Waals surface area contributed by atoms with Crippen molar-refractivity contribution in [3.8, 4) is 0 Å². The highest BCUT2D eigenvalue weighted by Gasteiger charge is 2.52. The summed E-state index contributed by atoms with van der Waals surface area (Å²) in [6, 6.07) is -1.75. The number of imide groups is 1. The Kier molecular flexibility index (Phi) is 14.9. The minimum Gasteiger partial charge on any atom is -0.462 e. The molecule has 0 spiro atoms. The smallest absolute Gasteiger partial charge is 0.322 e. The zero-order valence-corrected chi connectivity index (χ0v) is 28.7. The van der Waals surface area contributed by atoms with Crippen molar-refractivity contribution in [1.82, 2.24) is 20.9 Å². The molecule has 6 unspecified atom stereocenters. The lowest BCUT2D eigenvalue weighted by Crippen LogP contribution is -2.80. The maximum Gasteiger partial charge on any atom is 0.322 e. The molecule has 3 amide bonds. The van der Waals surface area contributed by atoms with Gasteiger partial charge in [-0.15, -0.1) is 0 Å². The second-order valence-corrected chi connectivity index (χ2v) is 13.0. The van der Waals surface area contributed by atoms with Crippen molar-refractivity contribution in [3.05, 3.63) is 0 Å². The second kappa shape index (κ2) is 18.3. The third kappa shape index (κ3) is 10.6. The molecule has 2 aliphatic heterocycles. The average molecular weight is 667 g/mol. The van der Waals surface area contributed by atoms with Gasteiger partial charge in [0.05, 0.1) is 0 Å². The molecule has 0 aromatic heterocycles. The molecule has 2 saturated heterocycles. The average Bonchev–Trinajstić information content (AvgIpc) is 2.99. The van der Waals surface area contributed by atoms with Crippen molar-refractivity contribution in [3.63, 3.8) is 0 Å². The number of carbonyl (C=O) groups is 6. The van der Waals surface area contributed by atoms with E-state index in [9.17, 15) is 28.8 Å². The largest absolute Gasteiger partial charge is 0.462 e. The Hall–Kier alpha value is -3.26. The molecule has 3 aliphatic rings. The zero-order valence-electron chi connectivity index (χ0n) is 28.7. The van der Waals surface area contributed by atoms with Gasteiger partial charge in [-0.25, -0.2) is 4.79 Å². The fourth-order valence-electron chi connectivity index (χ4n) is 6.56. The number of fused-ring (bicyclic) bond motifs is 2. The summed E-state index contributed by atoms with van der Waals surface area (Å²) in [4.78, 5) is 79.2. The second-order valence-electron chi connectivity index (χ2n) is 13.0. The van der Waals surface area contributed by atoms with Gasteiger partial charge in [0, 0.05) is 44.3 Å². The number of ether oxygens (including phenoxy) is 4. The molecule has 1 aliphatic carbocycles. The number of piperazine rings is 1. The number of rotatable bonds is 17. The molecular formula is C33H54N4O10. The van der Waals surface area contributed by atoms with E-state index in [2.05, 4.69) is 29.8 Å². The van der Waals surface area contributed by atoms with E-state index in [4.69, 9.17) is 18.9 Å². The Bertz CT molecular complexity index is 1120. The molecule has 3 N–H and O–H groups in total. The number of carbonyl (C=O) groups excluding carboxylic acids is 6. The number of nitrogens with zero attached hydrogens (tertiary/aromatic N) is 1. The number of amides is 3. The Labute approximate surface area is 277 Å². The van der Waals surface area contributed by atoms with E-state index in [0.717, 1.165) is 12.8 Å². The first-order valence-electron chi connectivity index (χ1n) is 17.3. The van der Waals surface area contributed by atoms with E-state index in [1.807, 2.05) is 32.6 Å². The van der Waals surface area contributed by atoms with E-state index in [1.54, 1.807) is 0 Å². The van der Waals surface area contributed by atoms with Crippen LogP contribution < -0.4 is 16.0 Å². The summed E-state index contributed by atoms with van der Waals surface area (Å²) < 4.78 is 23.3. The van der Waals surface area contributed by atoms with Crippen LogP contribution in [0.1, 0.15) is 106 Å². The van der Waals surface area contributed by atoms with E-state index in [0.29, 0.717) is 37.5 Å². The lowest BCUT2D eigenvalue weighted by atomic mass is 9.73. The minimum absolute atomic E-state index is 0.0477. The molecule has 1 saturated carbocycles. The molecule has 0 aromatic rings. The summed E-state index contributed by atoms with van der Waals surface area (Å²) in [6.07, 6.45) is -0.863. The molecule has 3 fully saturated rings. The first kappa shape index (κ1) is 38.2. The standard InChI is InChI=1S/C33H54N4O10/c1-7-11-25(38)44-18-24(46-27(40)13-9-3)30(47-28(41)14-10-4)23(45-26(39)12-8-2)17-37-22-16-20(6)19(5)15-21(22)34-29-31(37)35-33(43)36-32(29)42/h19-24,29-31,34H,7-18H2,1-6H3,(H2,35,36,42,43)/t19?,20?,21?,22?,23-,24+,29?,30-,31?/m0/s1. The fourth-order valence-corrected chi connectivity index (χ4v) is 6.56. The first-order chi connectivity index (χ1) is 22.4. The minimum atomic E-state index is -1.36. The quantitative estimate of drug-likeness (QED) is 0.153. The van der Waals surface area contributed by atoms with Crippen molar-refractivity contribution in [2.75, 3.05) is 13.2 Å². The third-order valence-electron chi connectivity index (χ3n) is 9.15. The van der Waals surface area contributed by atoms with Gasteiger partial charge in [-0.05, 0) is 50.4 Å². The van der Waals surface area contributed by atoms with Crippen molar-refractivity contribution >= 4 is 35.8 Å². The highest BCUT2D eigenvalue weighted by atomic mass is 16.6. The van der Waals surface area contributed by atoms with E-state index >= 15 is 0 Å². The highest BCUT2D eigenvalue weighted by molar-refractivity contribution is 6.00. The van der Waals surface area contributed by atoms with Gasteiger partial charge >= 0.3 is 29.9 Å². The number of urea groups is 1. The SMILES string of the molecule is CCCC(=O)OC[C@@H](OC(=O)CCC)[C@@H](OC(=O)CCC)[C@H](CN1C2CC(C)C(C)CC2NC2C(=O)NC(=O)NC21)OC(=O)CCC. The summed E-state index contributed by atoms with van der Waals surface area (Å²) in [5, 5.41) is 8.63. The summed E-state index contributed by atoms with van der Waals surface area (Å²) >= 11 is 0. The monoisotopic (exact) mass is 666 g/mol. The highest BCUT2D eigenvalue weighted by Crippen LogP contribution is 2.37. The molecule has 266 valence electrons. The van der Waals surface area contributed by atoms with Gasteiger partial charge < -0.3 is 24.3 Å². The van der Waals surface area contributed by atoms with Crippen LogP contribution in [0.3, 0.4) is 0 Å². The Morgan fingerprint density at radius 3 is 1.89 bits per heavy atom. The van der Waals surface area contributed by atoms with Crippen LogP contribution >= 0.6 is 0 Å². The van der Waals surface area contributed by atoms with Gasteiger partial charge in [-0.1, -0.05) is 41.5 Å². The van der Waals surface area contributed by atoms with E-state index in [1.165, 1.54) is 0 Å². The predicted molar refractivity (Wildman–Crippen MR) is 169 cm³/mol. The molecule has 2 heterocycles. The fraction of sp³-hybridized carbons (Fsp3) is 0.818. The van der Waals surface area contributed by atoms with Gasteiger partial charge in [0.15, 0.2) is 18.3 Å². The number of nitrogens with one attached hydrogen (secondary N) is 3. The molecule has 3 rings (SSSR count). The Morgan fingerprint density at radius 2 is 1.30 bits per heavy atom. The van der Waals surface area contributed by atoms with E-state index in [-0.39, 0.29) is 44.3 Å². The van der Waals surface area contributed by atoms with Gasteiger partial charge in [0.2, 0.25) is 5.91 Å². The van der Waals surface area contributed by atoms with Gasteiger partial charge in [-0.2, -0.15) is 0 Å². The maximum absolute atomic E-state index is 13.2. The predicted octanol–water partition coefficient (Wildman–Crippen LogP) is 2.71. The summed E-state index contributed by atoms with van der Waals surface area (Å²) in [5.41, 5.74) is 0. The van der Waals surface area contributed by atoms with Crippen LogP contribution in [0.15, 0.2) is 0 Å². The molecule has 14 nitrogen and oxygen atoms in total. The lowest BCUT2D eigenvalue weighted by Gasteiger charge is -2.55. The van der Waals surface area contributed by atoms with Crippen molar-refractivity contribution in [2.24, 2.45) is 11.8 Å². The van der Waals surface area contributed by atoms with Gasteiger partial charge in [0.1, 0.15) is 18.8 Å². The normalized spacial score (nSPS) is 27.5. The van der Waals surface area contributed by atoms with Crippen molar-refractivity contribution in [2.45, 2.75) is 148 Å². The van der Waals surface area contributed by atoms with Crippen LogP contribution in [0.4, 0.5) is 4.79 Å². The van der Waals surface area contributed by atoms with Crippen LogP contribution in [-0.4, -0.2) is 96.5 Å². The van der Waals surface area contributed by atoms with Crippen molar-refractivity contribution in [1.29, 1.82) is 0 Å². The first-order valence-corrected chi connectivity index (χ1v) is 17.3. The summed E-state index contributed by atoms with van der Waals surface area (Å²) in [7, 11) is 0.